The van der Waals surface area contributed by atoms with Crippen LogP contribution in [-0.4, -0.2) is 27.6 Å². The number of hydrogen-bond acceptors (Lipinski definition) is 3. The minimum atomic E-state index is 0.188. The van der Waals surface area contributed by atoms with Crippen LogP contribution < -0.4 is 5.32 Å². The molecule has 1 saturated heterocycles. The highest BCUT2D eigenvalue weighted by Gasteiger charge is 2.36. The number of aromatic nitrogens is 3. The predicted molar refractivity (Wildman–Crippen MR) is 77.3 cm³/mol. The van der Waals surface area contributed by atoms with Crippen molar-refractivity contribution in [1.82, 2.24) is 19.9 Å². The maximum absolute atomic E-state index is 4.91. The van der Waals surface area contributed by atoms with Crippen molar-refractivity contribution in [3.63, 3.8) is 0 Å². The predicted octanol–water partition coefficient (Wildman–Crippen LogP) is 2.48. The van der Waals surface area contributed by atoms with E-state index in [9.17, 15) is 0 Å². The van der Waals surface area contributed by atoms with E-state index >= 15 is 0 Å². The minimum Gasteiger partial charge on any atom is -0.328 e. The molecule has 19 heavy (non-hydrogen) atoms. The summed E-state index contributed by atoms with van der Waals surface area (Å²) < 4.78 is 2.37. The van der Waals surface area contributed by atoms with Gasteiger partial charge >= 0.3 is 0 Å². The van der Waals surface area contributed by atoms with E-state index < -0.39 is 0 Å². The Bertz CT molecular complexity index is 567. The van der Waals surface area contributed by atoms with E-state index in [1.807, 2.05) is 12.4 Å². The van der Waals surface area contributed by atoms with Gasteiger partial charge in [-0.1, -0.05) is 6.92 Å². The molecule has 2 aromatic heterocycles. The molecule has 1 aliphatic rings. The lowest BCUT2D eigenvalue weighted by molar-refractivity contribution is 0.280. The van der Waals surface area contributed by atoms with Gasteiger partial charge in [-0.05, 0) is 38.8 Å². The fraction of sp³-hybridized carbons (Fsp3) is 0.600. The highest BCUT2D eigenvalue weighted by atomic mass is 15.1. The number of aryl methyl sites for hydroxylation is 1. The standard InChI is InChI=1S/C15H22N4/c1-3-15(7-5-8-17-11-15)14-18-12-10-16-9-6-13(12)19(14)4-2/h6,9-10,17H,3-5,7-8,11H2,1-2H3. The number of piperidine rings is 1. The number of nitrogens with one attached hydrogen (secondary N) is 1. The first-order chi connectivity index (χ1) is 9.30. The molecule has 1 fully saturated rings. The third-order valence-electron chi connectivity index (χ3n) is 4.49. The lowest BCUT2D eigenvalue weighted by Gasteiger charge is -2.36. The van der Waals surface area contributed by atoms with Crippen LogP contribution in [0.5, 0.6) is 0 Å². The molecule has 4 heteroatoms. The largest absolute Gasteiger partial charge is 0.328 e. The van der Waals surface area contributed by atoms with Crippen LogP contribution in [0.4, 0.5) is 0 Å². The Balaban J connectivity index is 2.17. The molecule has 0 saturated carbocycles. The fourth-order valence-electron chi connectivity index (χ4n) is 3.33. The Morgan fingerprint density at radius 3 is 3.00 bits per heavy atom. The molecular formula is C15H22N4. The number of nitrogens with zero attached hydrogens (tertiary/aromatic N) is 3. The lowest BCUT2D eigenvalue weighted by Crippen LogP contribution is -2.44. The van der Waals surface area contributed by atoms with Gasteiger partial charge in [0.05, 0.1) is 11.7 Å². The Labute approximate surface area is 114 Å². The Morgan fingerprint density at radius 2 is 2.32 bits per heavy atom. The van der Waals surface area contributed by atoms with E-state index in [1.54, 1.807) is 0 Å². The molecule has 1 unspecified atom stereocenters. The van der Waals surface area contributed by atoms with Crippen LogP contribution in [0.2, 0.25) is 0 Å². The normalized spacial score (nSPS) is 23.9. The molecule has 2 aromatic rings. The molecule has 0 radical (unpaired) electrons. The van der Waals surface area contributed by atoms with Gasteiger partial charge in [0.2, 0.25) is 0 Å². The van der Waals surface area contributed by atoms with Crippen LogP contribution in [0.25, 0.3) is 11.0 Å². The number of imidazole rings is 1. The van der Waals surface area contributed by atoms with Crippen molar-refractivity contribution in [2.24, 2.45) is 0 Å². The molecule has 1 atom stereocenters. The molecule has 1 N–H and O–H groups in total. The van der Waals surface area contributed by atoms with E-state index in [-0.39, 0.29) is 5.41 Å². The average molecular weight is 258 g/mol. The molecule has 0 aliphatic carbocycles. The molecule has 1 aliphatic heterocycles. The van der Waals surface area contributed by atoms with Crippen molar-refractivity contribution in [2.75, 3.05) is 13.1 Å². The summed E-state index contributed by atoms with van der Waals surface area (Å²) in [6, 6.07) is 2.08. The van der Waals surface area contributed by atoms with Crippen molar-refractivity contribution in [1.29, 1.82) is 0 Å². The van der Waals surface area contributed by atoms with E-state index in [0.29, 0.717) is 0 Å². The van der Waals surface area contributed by atoms with Crippen LogP contribution in [-0.2, 0) is 12.0 Å². The molecule has 3 heterocycles. The van der Waals surface area contributed by atoms with Gasteiger partial charge in [-0.15, -0.1) is 0 Å². The highest BCUT2D eigenvalue weighted by Crippen LogP contribution is 2.35. The zero-order valence-corrected chi connectivity index (χ0v) is 11.8. The van der Waals surface area contributed by atoms with E-state index in [0.717, 1.165) is 31.6 Å². The SMILES string of the molecule is CCn1c(C2(CC)CCCNC2)nc2cnccc21. The summed E-state index contributed by atoms with van der Waals surface area (Å²) in [5, 5.41) is 3.55. The first-order valence-corrected chi connectivity index (χ1v) is 7.32. The molecule has 102 valence electrons. The van der Waals surface area contributed by atoms with Crippen molar-refractivity contribution in [3.05, 3.63) is 24.3 Å². The van der Waals surface area contributed by atoms with Crippen LogP contribution in [0.1, 0.15) is 38.9 Å². The monoisotopic (exact) mass is 258 g/mol. The van der Waals surface area contributed by atoms with Crippen molar-refractivity contribution in [2.45, 2.75) is 45.1 Å². The third kappa shape index (κ3) is 1.94. The maximum atomic E-state index is 4.91. The first-order valence-electron chi connectivity index (χ1n) is 7.32. The molecule has 4 nitrogen and oxygen atoms in total. The Hall–Kier alpha value is -1.42. The van der Waals surface area contributed by atoms with E-state index in [2.05, 4.69) is 34.8 Å². The first kappa shape index (κ1) is 12.6. The zero-order chi connectivity index (χ0) is 13.3. The number of hydrogen-bond donors (Lipinski definition) is 1. The van der Waals surface area contributed by atoms with Crippen molar-refractivity contribution in [3.8, 4) is 0 Å². The smallest absolute Gasteiger partial charge is 0.117 e. The van der Waals surface area contributed by atoms with Gasteiger partial charge in [0.1, 0.15) is 11.3 Å². The summed E-state index contributed by atoms with van der Waals surface area (Å²) in [4.78, 5) is 9.11. The molecule has 0 bridgehead atoms. The summed E-state index contributed by atoms with van der Waals surface area (Å²) in [7, 11) is 0. The third-order valence-corrected chi connectivity index (χ3v) is 4.49. The van der Waals surface area contributed by atoms with Gasteiger partial charge < -0.3 is 9.88 Å². The second kappa shape index (κ2) is 4.93. The van der Waals surface area contributed by atoms with Gasteiger partial charge in [-0.3, -0.25) is 4.98 Å². The molecule has 3 rings (SSSR count). The molecule has 0 spiro atoms. The van der Waals surface area contributed by atoms with Gasteiger partial charge in [0.25, 0.3) is 0 Å². The van der Waals surface area contributed by atoms with Crippen LogP contribution in [0.3, 0.4) is 0 Å². The summed E-state index contributed by atoms with van der Waals surface area (Å²) in [6.45, 7) is 7.63. The summed E-state index contributed by atoms with van der Waals surface area (Å²) in [6.07, 6.45) is 7.34. The van der Waals surface area contributed by atoms with Crippen molar-refractivity contribution < 1.29 is 0 Å². The molecule has 0 amide bonds. The summed E-state index contributed by atoms with van der Waals surface area (Å²) in [5.41, 5.74) is 2.43. The molecular weight excluding hydrogens is 236 g/mol. The van der Waals surface area contributed by atoms with Crippen LogP contribution in [0, 0.1) is 0 Å². The second-order valence-electron chi connectivity index (χ2n) is 5.46. The lowest BCUT2D eigenvalue weighted by atomic mass is 9.77. The average Bonchev–Trinajstić information content (AvgIpc) is 2.87. The van der Waals surface area contributed by atoms with Gasteiger partial charge in [-0.25, -0.2) is 4.98 Å². The Kier molecular flexibility index (Phi) is 3.27. The second-order valence-corrected chi connectivity index (χ2v) is 5.46. The summed E-state index contributed by atoms with van der Waals surface area (Å²) >= 11 is 0. The maximum Gasteiger partial charge on any atom is 0.117 e. The number of pyridine rings is 1. The topological polar surface area (TPSA) is 42.7 Å². The van der Waals surface area contributed by atoms with Gasteiger partial charge in [-0.2, -0.15) is 0 Å². The zero-order valence-electron chi connectivity index (χ0n) is 11.8. The van der Waals surface area contributed by atoms with Crippen LogP contribution in [0.15, 0.2) is 18.5 Å². The minimum absolute atomic E-state index is 0.188. The number of rotatable bonds is 3. The Morgan fingerprint density at radius 1 is 1.42 bits per heavy atom. The van der Waals surface area contributed by atoms with E-state index in [1.165, 1.54) is 24.2 Å². The van der Waals surface area contributed by atoms with E-state index in [4.69, 9.17) is 4.98 Å². The van der Waals surface area contributed by atoms with Gasteiger partial charge in [0.15, 0.2) is 0 Å². The summed E-state index contributed by atoms with van der Waals surface area (Å²) in [5.74, 6) is 1.24. The highest BCUT2D eigenvalue weighted by molar-refractivity contribution is 5.75. The molecule has 0 aromatic carbocycles. The fourth-order valence-corrected chi connectivity index (χ4v) is 3.33. The van der Waals surface area contributed by atoms with Crippen molar-refractivity contribution >= 4 is 11.0 Å². The van der Waals surface area contributed by atoms with Gasteiger partial charge in [0, 0.05) is 24.7 Å². The quantitative estimate of drug-likeness (QED) is 0.919. The number of fused-ring (bicyclic) bond motifs is 1. The van der Waals surface area contributed by atoms with Crippen LogP contribution >= 0.6 is 0 Å².